The van der Waals surface area contributed by atoms with E-state index in [4.69, 9.17) is 0 Å². The van der Waals surface area contributed by atoms with Crippen LogP contribution in [-0.2, 0) is 0 Å². The summed E-state index contributed by atoms with van der Waals surface area (Å²) in [4.78, 5) is 0. The molecule has 228 valence electrons. The Hall–Kier alpha value is 0. The van der Waals surface area contributed by atoms with Crippen LogP contribution in [0.5, 0.6) is 0 Å². The molecule has 0 aromatic rings. The molecule has 5 aliphatic rings. The molecule has 0 amide bonds. The van der Waals surface area contributed by atoms with Crippen LogP contribution in [0.4, 0.5) is 0 Å². The third-order valence-corrected chi connectivity index (χ3v) is 13.6. The van der Waals surface area contributed by atoms with Crippen LogP contribution in [0.25, 0.3) is 0 Å². The third kappa shape index (κ3) is 9.24. The maximum Gasteiger partial charge on any atom is -0.0324 e. The summed E-state index contributed by atoms with van der Waals surface area (Å²) in [5.41, 5.74) is 0. The number of fused-ring (bicyclic) bond motifs is 1. The Labute approximate surface area is 247 Å². The predicted octanol–water partition coefficient (Wildman–Crippen LogP) is 12.9. The number of hydrogen-bond donors (Lipinski definition) is 0. The predicted molar refractivity (Wildman–Crippen MR) is 173 cm³/mol. The summed E-state index contributed by atoms with van der Waals surface area (Å²) in [5.74, 6) is 11.9. The highest BCUT2D eigenvalue weighted by molar-refractivity contribution is 4.97. The fourth-order valence-corrected chi connectivity index (χ4v) is 11.0. The van der Waals surface area contributed by atoms with Crippen molar-refractivity contribution >= 4 is 0 Å². The SMILES string of the molecule is CCC1CCC(CCC2CCCC(C)C2)CC1.CCCCC1C(C)CC2CCCC2C1C1CCC(CC)CC1. The molecule has 0 aromatic carbocycles. The van der Waals surface area contributed by atoms with Crippen molar-refractivity contribution in [1.29, 1.82) is 0 Å². The van der Waals surface area contributed by atoms with Gasteiger partial charge in [0, 0.05) is 0 Å². The summed E-state index contributed by atoms with van der Waals surface area (Å²) in [6.45, 7) is 12.2. The Bertz CT molecular complexity index is 634. The first-order valence-corrected chi connectivity index (χ1v) is 19.0. The van der Waals surface area contributed by atoms with Gasteiger partial charge in [-0.15, -0.1) is 0 Å². The normalized spacial score (nSPS) is 42.8. The van der Waals surface area contributed by atoms with Gasteiger partial charge < -0.3 is 0 Å². The van der Waals surface area contributed by atoms with Crippen molar-refractivity contribution in [3.05, 3.63) is 0 Å². The summed E-state index contributed by atoms with van der Waals surface area (Å²) < 4.78 is 0. The largest absolute Gasteiger partial charge is 0.0654 e. The summed E-state index contributed by atoms with van der Waals surface area (Å²) in [5, 5.41) is 0. The first-order valence-electron chi connectivity index (χ1n) is 19.0. The van der Waals surface area contributed by atoms with E-state index >= 15 is 0 Å². The lowest BCUT2D eigenvalue weighted by Crippen LogP contribution is -2.42. The fraction of sp³-hybridized carbons (Fsp3) is 1.00. The average molecular weight is 541 g/mol. The van der Waals surface area contributed by atoms with E-state index in [0.29, 0.717) is 0 Å². The van der Waals surface area contributed by atoms with Gasteiger partial charge in [-0.2, -0.15) is 0 Å². The van der Waals surface area contributed by atoms with Crippen molar-refractivity contribution in [2.24, 2.45) is 65.1 Å². The van der Waals surface area contributed by atoms with Gasteiger partial charge in [0.1, 0.15) is 0 Å². The number of unbranched alkanes of at least 4 members (excludes halogenated alkanes) is 1. The standard InChI is InChI=1S/C22H40.C17H32/c1-4-6-9-20-16(3)15-19-8-7-10-21(19)22(20)18-13-11-17(5-2)12-14-18;1-3-15-7-9-16(10-8-15)11-12-17-6-4-5-14(2)13-17/h16-22H,4-15H2,1-3H3;14-17H,3-13H2,1-2H3. The van der Waals surface area contributed by atoms with E-state index in [1.165, 1.54) is 64.2 Å². The van der Waals surface area contributed by atoms with Gasteiger partial charge >= 0.3 is 0 Å². The zero-order valence-electron chi connectivity index (χ0n) is 27.6. The lowest BCUT2D eigenvalue weighted by molar-refractivity contribution is -0.00258. The Morgan fingerprint density at radius 2 is 1.13 bits per heavy atom. The van der Waals surface area contributed by atoms with E-state index in [1.807, 2.05) is 0 Å². The average Bonchev–Trinajstić information content (AvgIpc) is 3.43. The van der Waals surface area contributed by atoms with Crippen LogP contribution in [-0.4, -0.2) is 0 Å². The van der Waals surface area contributed by atoms with Crippen LogP contribution < -0.4 is 0 Å². The quantitative estimate of drug-likeness (QED) is 0.273. The minimum absolute atomic E-state index is 1.01. The maximum absolute atomic E-state index is 2.61. The van der Waals surface area contributed by atoms with Crippen molar-refractivity contribution in [3.63, 3.8) is 0 Å². The molecule has 5 aliphatic carbocycles. The molecule has 5 fully saturated rings. The molecule has 0 N–H and O–H groups in total. The zero-order valence-corrected chi connectivity index (χ0v) is 27.6. The van der Waals surface area contributed by atoms with Gasteiger partial charge in [0.15, 0.2) is 0 Å². The molecule has 0 saturated heterocycles. The van der Waals surface area contributed by atoms with Crippen LogP contribution in [0, 0.1) is 65.1 Å². The molecular weight excluding hydrogens is 468 g/mol. The summed E-state index contributed by atoms with van der Waals surface area (Å²) >= 11 is 0. The van der Waals surface area contributed by atoms with Gasteiger partial charge in [-0.3, -0.25) is 0 Å². The summed E-state index contributed by atoms with van der Waals surface area (Å²) in [6, 6.07) is 0. The topological polar surface area (TPSA) is 0 Å². The summed E-state index contributed by atoms with van der Waals surface area (Å²) in [7, 11) is 0. The first-order chi connectivity index (χ1) is 19.0. The van der Waals surface area contributed by atoms with Gasteiger partial charge in [0.2, 0.25) is 0 Å². The highest BCUT2D eigenvalue weighted by Crippen LogP contribution is 2.56. The molecule has 0 nitrogen and oxygen atoms in total. The molecule has 5 saturated carbocycles. The first kappa shape index (κ1) is 31.9. The van der Waals surface area contributed by atoms with Gasteiger partial charge in [-0.05, 0) is 104 Å². The van der Waals surface area contributed by atoms with Crippen LogP contribution in [0.15, 0.2) is 0 Å². The fourth-order valence-electron chi connectivity index (χ4n) is 11.0. The van der Waals surface area contributed by atoms with Crippen molar-refractivity contribution in [2.75, 3.05) is 0 Å². The van der Waals surface area contributed by atoms with Crippen molar-refractivity contribution in [1.82, 2.24) is 0 Å². The lowest BCUT2D eigenvalue weighted by Gasteiger charge is -2.49. The molecular formula is C39H72. The van der Waals surface area contributed by atoms with Crippen molar-refractivity contribution in [2.45, 2.75) is 182 Å². The van der Waals surface area contributed by atoms with Crippen LogP contribution in [0.2, 0.25) is 0 Å². The molecule has 0 heteroatoms. The van der Waals surface area contributed by atoms with Crippen molar-refractivity contribution < 1.29 is 0 Å². The van der Waals surface area contributed by atoms with Crippen LogP contribution in [0.3, 0.4) is 0 Å². The summed E-state index contributed by atoms with van der Waals surface area (Å²) in [6.07, 6.45) is 35.1. The Morgan fingerprint density at radius 3 is 1.77 bits per heavy atom. The second-order valence-corrected chi connectivity index (χ2v) is 16.2. The van der Waals surface area contributed by atoms with Crippen LogP contribution >= 0.6 is 0 Å². The minimum Gasteiger partial charge on any atom is -0.0654 e. The highest BCUT2D eigenvalue weighted by Gasteiger charge is 2.47. The second kappa shape index (κ2) is 16.6. The Kier molecular flexibility index (Phi) is 13.6. The van der Waals surface area contributed by atoms with E-state index in [1.54, 1.807) is 83.5 Å². The van der Waals surface area contributed by atoms with Gasteiger partial charge in [-0.25, -0.2) is 0 Å². The van der Waals surface area contributed by atoms with Gasteiger partial charge in [0.25, 0.3) is 0 Å². The second-order valence-electron chi connectivity index (χ2n) is 16.2. The van der Waals surface area contributed by atoms with E-state index in [2.05, 4.69) is 34.6 Å². The third-order valence-electron chi connectivity index (χ3n) is 13.6. The molecule has 7 atom stereocenters. The zero-order chi connectivity index (χ0) is 27.6. The molecule has 0 radical (unpaired) electrons. The molecule has 0 aromatic heterocycles. The monoisotopic (exact) mass is 541 g/mol. The van der Waals surface area contributed by atoms with Crippen molar-refractivity contribution in [3.8, 4) is 0 Å². The van der Waals surface area contributed by atoms with Gasteiger partial charge in [-0.1, -0.05) is 144 Å². The van der Waals surface area contributed by atoms with E-state index < -0.39 is 0 Å². The minimum atomic E-state index is 1.01. The molecule has 0 bridgehead atoms. The van der Waals surface area contributed by atoms with E-state index in [-0.39, 0.29) is 0 Å². The maximum atomic E-state index is 2.61. The van der Waals surface area contributed by atoms with Gasteiger partial charge in [0.05, 0.1) is 0 Å². The Balaban J connectivity index is 0.000000187. The molecule has 5 rings (SSSR count). The smallest absolute Gasteiger partial charge is 0.0324 e. The number of hydrogen-bond acceptors (Lipinski definition) is 0. The Morgan fingerprint density at radius 1 is 0.513 bits per heavy atom. The molecule has 0 aliphatic heterocycles. The molecule has 39 heavy (non-hydrogen) atoms. The van der Waals surface area contributed by atoms with E-state index in [9.17, 15) is 0 Å². The number of rotatable bonds is 9. The lowest BCUT2D eigenvalue weighted by atomic mass is 9.56. The van der Waals surface area contributed by atoms with Crippen LogP contribution in [0.1, 0.15) is 182 Å². The molecule has 0 heterocycles. The van der Waals surface area contributed by atoms with E-state index in [0.717, 1.165) is 65.1 Å². The molecule has 0 spiro atoms. The molecule has 7 unspecified atom stereocenters. The highest BCUT2D eigenvalue weighted by atomic mass is 14.5.